The molecule has 1 aliphatic heterocycles. The molecule has 1 fully saturated rings. The van der Waals surface area contributed by atoms with E-state index in [1.165, 1.54) is 6.26 Å². The van der Waals surface area contributed by atoms with Crippen molar-refractivity contribution in [1.29, 1.82) is 5.26 Å². The summed E-state index contributed by atoms with van der Waals surface area (Å²) in [6.07, 6.45) is 4.66. The zero-order chi connectivity index (χ0) is 19.4. The van der Waals surface area contributed by atoms with Crippen LogP contribution in [0.1, 0.15) is 59.6 Å². The molecule has 1 N–H and O–H groups in total. The number of hydrogen-bond donors (Lipinski definition) is 1. The first kappa shape index (κ1) is 18.9. The molecule has 2 aromatic rings. The predicted octanol–water partition coefficient (Wildman–Crippen LogP) is 2.77. The van der Waals surface area contributed by atoms with Crippen LogP contribution >= 0.6 is 0 Å². The summed E-state index contributed by atoms with van der Waals surface area (Å²) in [6, 6.07) is 4.12. The van der Waals surface area contributed by atoms with Crippen molar-refractivity contribution < 1.29 is 9.21 Å². The highest BCUT2D eigenvalue weighted by molar-refractivity contribution is 5.95. The number of aryl methyl sites for hydroxylation is 2. The van der Waals surface area contributed by atoms with Crippen molar-refractivity contribution in [2.45, 2.75) is 52.5 Å². The summed E-state index contributed by atoms with van der Waals surface area (Å²) in [5, 5.41) is 21.4. The minimum Gasteiger partial charge on any atom is -0.469 e. The zero-order valence-electron chi connectivity index (χ0n) is 16.1. The maximum absolute atomic E-state index is 12.4. The molecular weight excluding hydrogens is 342 g/mol. The quantitative estimate of drug-likeness (QED) is 0.873. The maximum atomic E-state index is 12.4. The number of furan rings is 1. The molecule has 1 amide bonds. The summed E-state index contributed by atoms with van der Waals surface area (Å²) in [5.74, 6) is 1.20. The van der Waals surface area contributed by atoms with Gasteiger partial charge in [0.1, 0.15) is 17.4 Å². The third-order valence-corrected chi connectivity index (χ3v) is 5.17. The standard InChI is InChI=1S/C20H25N5O2/c1-4-15-17(12-21)19(24-23-18(15)5-2)25-9-6-14(7-10-25)22-20(26)16-8-11-27-13(16)3/h8,11,14H,4-7,9-10H2,1-3H3,(H,22,26). The molecule has 1 saturated heterocycles. The lowest BCUT2D eigenvalue weighted by atomic mass is 10.0. The maximum Gasteiger partial charge on any atom is 0.255 e. The van der Waals surface area contributed by atoms with Gasteiger partial charge in [0.2, 0.25) is 0 Å². The van der Waals surface area contributed by atoms with E-state index in [1.807, 2.05) is 13.8 Å². The number of amides is 1. The Morgan fingerprint density at radius 1 is 1.33 bits per heavy atom. The Labute approximate surface area is 159 Å². The van der Waals surface area contributed by atoms with Crippen molar-refractivity contribution >= 4 is 11.7 Å². The molecule has 0 atom stereocenters. The number of rotatable bonds is 5. The minimum absolute atomic E-state index is 0.0992. The zero-order valence-corrected chi connectivity index (χ0v) is 16.1. The largest absolute Gasteiger partial charge is 0.469 e. The summed E-state index contributed by atoms with van der Waals surface area (Å²) >= 11 is 0. The van der Waals surface area contributed by atoms with Crippen molar-refractivity contribution in [3.63, 3.8) is 0 Å². The van der Waals surface area contributed by atoms with Crippen LogP contribution in [-0.4, -0.2) is 35.2 Å². The Kier molecular flexibility index (Phi) is 5.75. The Balaban J connectivity index is 1.68. The third-order valence-electron chi connectivity index (χ3n) is 5.17. The lowest BCUT2D eigenvalue weighted by Gasteiger charge is -2.33. The lowest BCUT2D eigenvalue weighted by molar-refractivity contribution is 0.0929. The van der Waals surface area contributed by atoms with E-state index < -0.39 is 0 Å². The molecule has 0 saturated carbocycles. The summed E-state index contributed by atoms with van der Waals surface area (Å²) < 4.78 is 5.20. The van der Waals surface area contributed by atoms with E-state index in [-0.39, 0.29) is 11.9 Å². The second-order valence-corrected chi connectivity index (χ2v) is 6.77. The van der Waals surface area contributed by atoms with Gasteiger partial charge in [-0.15, -0.1) is 5.10 Å². The molecule has 3 heterocycles. The van der Waals surface area contributed by atoms with Gasteiger partial charge in [-0.3, -0.25) is 4.79 Å². The van der Waals surface area contributed by atoms with Gasteiger partial charge in [-0.25, -0.2) is 0 Å². The van der Waals surface area contributed by atoms with Gasteiger partial charge in [0.15, 0.2) is 5.82 Å². The van der Waals surface area contributed by atoms with Crippen molar-refractivity contribution in [3.05, 3.63) is 40.5 Å². The van der Waals surface area contributed by atoms with Gasteiger partial charge < -0.3 is 14.6 Å². The highest BCUT2D eigenvalue weighted by Crippen LogP contribution is 2.26. The Hall–Kier alpha value is -2.88. The first-order valence-electron chi connectivity index (χ1n) is 9.47. The molecule has 142 valence electrons. The monoisotopic (exact) mass is 367 g/mol. The van der Waals surface area contributed by atoms with E-state index in [1.54, 1.807) is 13.0 Å². The minimum atomic E-state index is -0.0993. The average Bonchev–Trinajstić information content (AvgIpc) is 3.13. The Bertz CT molecular complexity index is 860. The van der Waals surface area contributed by atoms with Crippen LogP contribution in [0.3, 0.4) is 0 Å². The lowest BCUT2D eigenvalue weighted by Crippen LogP contribution is -2.45. The molecule has 2 aromatic heterocycles. The number of carbonyl (C=O) groups is 1. The predicted molar refractivity (Wildman–Crippen MR) is 102 cm³/mol. The molecule has 1 aliphatic rings. The highest BCUT2D eigenvalue weighted by Gasteiger charge is 2.26. The van der Waals surface area contributed by atoms with Gasteiger partial charge in [0, 0.05) is 19.1 Å². The van der Waals surface area contributed by atoms with Crippen LogP contribution in [-0.2, 0) is 12.8 Å². The first-order valence-corrected chi connectivity index (χ1v) is 9.47. The molecule has 7 heteroatoms. The second kappa shape index (κ2) is 8.21. The SMILES string of the molecule is CCc1nnc(N2CCC(NC(=O)c3ccoc3C)CC2)c(C#N)c1CC. The van der Waals surface area contributed by atoms with Crippen molar-refractivity contribution in [1.82, 2.24) is 15.5 Å². The number of anilines is 1. The fourth-order valence-corrected chi connectivity index (χ4v) is 3.62. The third kappa shape index (κ3) is 3.80. The summed E-state index contributed by atoms with van der Waals surface area (Å²) in [4.78, 5) is 14.5. The van der Waals surface area contributed by atoms with E-state index in [2.05, 4.69) is 26.5 Å². The summed E-state index contributed by atoms with van der Waals surface area (Å²) in [6.45, 7) is 7.31. The Morgan fingerprint density at radius 2 is 2.07 bits per heavy atom. The van der Waals surface area contributed by atoms with E-state index in [0.717, 1.165) is 50.0 Å². The fraction of sp³-hybridized carbons (Fsp3) is 0.500. The molecule has 0 spiro atoms. The molecular formula is C20H25N5O2. The normalized spacial score (nSPS) is 14.8. The topological polar surface area (TPSA) is 95.1 Å². The van der Waals surface area contributed by atoms with Gasteiger partial charge in [-0.2, -0.15) is 10.4 Å². The summed E-state index contributed by atoms with van der Waals surface area (Å²) in [7, 11) is 0. The van der Waals surface area contributed by atoms with Crippen molar-refractivity contribution in [2.75, 3.05) is 18.0 Å². The second-order valence-electron chi connectivity index (χ2n) is 6.77. The molecule has 0 aromatic carbocycles. The number of aromatic nitrogens is 2. The number of nitrogens with zero attached hydrogens (tertiary/aromatic N) is 4. The van der Waals surface area contributed by atoms with Crippen LogP contribution in [0.15, 0.2) is 16.7 Å². The Morgan fingerprint density at radius 3 is 2.63 bits per heavy atom. The van der Waals surface area contributed by atoms with Gasteiger partial charge in [0.05, 0.1) is 17.5 Å². The molecule has 0 aliphatic carbocycles. The first-order chi connectivity index (χ1) is 13.1. The molecule has 27 heavy (non-hydrogen) atoms. The van der Waals surface area contributed by atoms with E-state index in [0.29, 0.717) is 22.7 Å². The fourth-order valence-electron chi connectivity index (χ4n) is 3.62. The van der Waals surface area contributed by atoms with E-state index in [4.69, 9.17) is 4.42 Å². The highest BCUT2D eigenvalue weighted by atomic mass is 16.3. The molecule has 0 bridgehead atoms. The number of nitriles is 1. The summed E-state index contributed by atoms with van der Waals surface area (Å²) in [5.41, 5.74) is 3.12. The van der Waals surface area contributed by atoms with E-state index >= 15 is 0 Å². The van der Waals surface area contributed by atoms with Crippen molar-refractivity contribution in [3.8, 4) is 6.07 Å². The molecule has 0 radical (unpaired) electrons. The van der Waals surface area contributed by atoms with Crippen LogP contribution in [0, 0.1) is 18.3 Å². The van der Waals surface area contributed by atoms with Crippen LogP contribution < -0.4 is 10.2 Å². The molecule has 7 nitrogen and oxygen atoms in total. The molecule has 0 unspecified atom stereocenters. The average molecular weight is 367 g/mol. The smallest absolute Gasteiger partial charge is 0.255 e. The van der Waals surface area contributed by atoms with Gasteiger partial charge >= 0.3 is 0 Å². The van der Waals surface area contributed by atoms with Gasteiger partial charge in [-0.05, 0) is 44.2 Å². The number of piperidine rings is 1. The number of nitrogens with one attached hydrogen (secondary N) is 1. The van der Waals surface area contributed by atoms with Gasteiger partial charge in [-0.1, -0.05) is 13.8 Å². The number of carbonyl (C=O) groups excluding carboxylic acids is 1. The van der Waals surface area contributed by atoms with Gasteiger partial charge in [0.25, 0.3) is 5.91 Å². The molecule has 3 rings (SSSR count). The van der Waals surface area contributed by atoms with Crippen LogP contribution in [0.2, 0.25) is 0 Å². The number of hydrogen-bond acceptors (Lipinski definition) is 6. The van der Waals surface area contributed by atoms with E-state index in [9.17, 15) is 10.1 Å². The van der Waals surface area contributed by atoms with Crippen LogP contribution in [0.5, 0.6) is 0 Å². The van der Waals surface area contributed by atoms with Crippen molar-refractivity contribution in [2.24, 2.45) is 0 Å². The van der Waals surface area contributed by atoms with Crippen LogP contribution in [0.25, 0.3) is 0 Å². The van der Waals surface area contributed by atoms with Crippen LogP contribution in [0.4, 0.5) is 5.82 Å².